The van der Waals surface area contributed by atoms with Crippen LogP contribution in [0.4, 0.5) is 0 Å². The quantitative estimate of drug-likeness (QED) is 0.160. The van der Waals surface area contributed by atoms with Crippen molar-refractivity contribution in [1.29, 1.82) is 0 Å². The normalized spacial score (nSPS) is 11.9. The van der Waals surface area contributed by atoms with Gasteiger partial charge >= 0.3 is 0 Å². The highest BCUT2D eigenvalue weighted by atomic mass is 15.0. The second kappa shape index (κ2) is 16.6. The monoisotopic (exact) mass is 968 g/mol. The molecule has 0 amide bonds. The van der Waals surface area contributed by atoms with Crippen LogP contribution < -0.4 is 0 Å². The molecular formula is C70H44N6. The third-order valence-electron chi connectivity index (χ3n) is 15.5. The van der Waals surface area contributed by atoms with E-state index in [1.165, 1.54) is 38.0 Å². The van der Waals surface area contributed by atoms with Crippen molar-refractivity contribution in [2.75, 3.05) is 0 Å². The van der Waals surface area contributed by atoms with E-state index in [0.717, 1.165) is 100 Å². The van der Waals surface area contributed by atoms with Crippen LogP contribution in [0.3, 0.4) is 0 Å². The number of rotatable bonds is 7. The van der Waals surface area contributed by atoms with Gasteiger partial charge in [-0.15, -0.1) is 0 Å². The highest BCUT2D eigenvalue weighted by Crippen LogP contribution is 2.44. The van der Waals surface area contributed by atoms with Crippen LogP contribution in [0.15, 0.2) is 267 Å². The molecule has 0 aliphatic heterocycles. The van der Waals surface area contributed by atoms with E-state index in [2.05, 4.69) is 285 Å². The maximum absolute atomic E-state index is 5.76. The molecule has 6 heteroatoms. The van der Waals surface area contributed by atoms with E-state index in [9.17, 15) is 0 Å². The number of aromatic nitrogens is 6. The number of hydrogen-bond donors (Lipinski definition) is 0. The maximum atomic E-state index is 5.76. The summed E-state index contributed by atoms with van der Waals surface area (Å²) in [5, 5.41) is 8.20. The van der Waals surface area contributed by atoms with E-state index in [4.69, 9.17) is 9.97 Å². The topological polar surface area (TPSA) is 45.5 Å². The standard InChI is InChI=1S/C70H44N6/c1-5-19-49(20-6-1)73-61-31-17-14-28-54(61)57-41-45(34-38-63(57)73)46-35-39-65-59(42-46)68-69(76(65)52-25-11-4-12-26-52)67(47-33-37-56-53-27-13-16-30-60(53)75(66(56)44-47)51-23-9-3-10-24-51)71-70(72-68)48-36-40-64-58(43-48)55-29-15-18-32-62(55)74(64)50-21-7-2-8-22-50/h1-44H. The maximum Gasteiger partial charge on any atom is 0.160 e. The van der Waals surface area contributed by atoms with E-state index in [1.54, 1.807) is 0 Å². The van der Waals surface area contributed by atoms with Crippen LogP contribution >= 0.6 is 0 Å². The van der Waals surface area contributed by atoms with Gasteiger partial charge in [-0.05, 0) is 126 Å². The van der Waals surface area contributed by atoms with Gasteiger partial charge in [0.1, 0.15) is 5.52 Å². The molecule has 0 N–H and O–H groups in total. The average Bonchev–Trinajstić information content (AvgIpc) is 4.31. The first kappa shape index (κ1) is 42.2. The fourth-order valence-corrected chi connectivity index (χ4v) is 12.2. The van der Waals surface area contributed by atoms with E-state index < -0.39 is 0 Å². The SMILES string of the molecule is c1ccc(-n2c3ccccc3c3cc(-c4ccc5c(c4)c4nc(-c6ccc7c(c6)c6ccccc6n7-c6ccccc6)nc(-c6ccc7c8ccccc8n(-c8ccccc8)c7c6)c4n5-c4ccccc4)ccc32)cc1. The summed E-state index contributed by atoms with van der Waals surface area (Å²) >= 11 is 0. The van der Waals surface area contributed by atoms with Crippen LogP contribution in [0.25, 0.3) is 144 Å². The van der Waals surface area contributed by atoms with E-state index in [-0.39, 0.29) is 0 Å². The van der Waals surface area contributed by atoms with Crippen LogP contribution in [-0.4, -0.2) is 28.2 Å². The first-order valence-corrected chi connectivity index (χ1v) is 25.9. The van der Waals surface area contributed by atoms with E-state index >= 15 is 0 Å². The summed E-state index contributed by atoms with van der Waals surface area (Å²) in [6, 6.07) is 96.2. The van der Waals surface area contributed by atoms with Gasteiger partial charge in [-0.2, -0.15) is 0 Å². The van der Waals surface area contributed by atoms with Crippen LogP contribution in [0.5, 0.6) is 0 Å². The van der Waals surface area contributed by atoms with E-state index in [1.807, 2.05) is 0 Å². The Labute approximate surface area is 436 Å². The van der Waals surface area contributed by atoms with Crippen molar-refractivity contribution in [2.24, 2.45) is 0 Å². The predicted octanol–water partition coefficient (Wildman–Crippen LogP) is 17.9. The lowest BCUT2D eigenvalue weighted by Crippen LogP contribution is -2.00. The summed E-state index contributed by atoms with van der Waals surface area (Å²) in [7, 11) is 0. The molecule has 16 rings (SSSR count). The van der Waals surface area contributed by atoms with Gasteiger partial charge in [-0.3, -0.25) is 0 Å². The summed E-state index contributed by atoms with van der Waals surface area (Å²) in [5.74, 6) is 0.664. The van der Waals surface area contributed by atoms with Gasteiger partial charge in [0.15, 0.2) is 5.82 Å². The summed E-state index contributed by atoms with van der Waals surface area (Å²) < 4.78 is 9.49. The Morgan fingerprint density at radius 3 is 1.09 bits per heavy atom. The zero-order valence-corrected chi connectivity index (χ0v) is 41.1. The van der Waals surface area contributed by atoms with Crippen molar-refractivity contribution in [3.63, 3.8) is 0 Å². The first-order valence-electron chi connectivity index (χ1n) is 25.9. The molecular weight excluding hydrogens is 925 g/mol. The minimum Gasteiger partial charge on any atom is -0.309 e. The summed E-state index contributed by atoms with van der Waals surface area (Å²) in [6.07, 6.45) is 0. The molecule has 0 radical (unpaired) electrons. The highest BCUT2D eigenvalue weighted by Gasteiger charge is 2.24. The van der Waals surface area contributed by atoms with Gasteiger partial charge in [0.25, 0.3) is 0 Å². The Morgan fingerprint density at radius 2 is 0.579 bits per heavy atom. The van der Waals surface area contributed by atoms with Gasteiger partial charge in [0.05, 0.1) is 49.8 Å². The summed E-state index contributed by atoms with van der Waals surface area (Å²) in [5.41, 5.74) is 19.3. The zero-order valence-electron chi connectivity index (χ0n) is 41.1. The molecule has 354 valence electrons. The Bertz CT molecular complexity index is 4970. The van der Waals surface area contributed by atoms with Gasteiger partial charge in [-0.1, -0.05) is 152 Å². The van der Waals surface area contributed by atoms with Crippen LogP contribution in [0, 0.1) is 0 Å². The lowest BCUT2D eigenvalue weighted by Gasteiger charge is -2.13. The molecule has 76 heavy (non-hydrogen) atoms. The second-order valence-corrected chi connectivity index (χ2v) is 19.8. The number of para-hydroxylation sites is 7. The highest BCUT2D eigenvalue weighted by molar-refractivity contribution is 6.16. The van der Waals surface area contributed by atoms with Gasteiger partial charge in [0, 0.05) is 71.6 Å². The smallest absolute Gasteiger partial charge is 0.160 e. The molecule has 6 nitrogen and oxygen atoms in total. The Kier molecular flexibility index (Phi) is 9.23. The number of hydrogen-bond acceptors (Lipinski definition) is 2. The minimum atomic E-state index is 0.664. The molecule has 0 saturated carbocycles. The average molecular weight is 969 g/mol. The lowest BCUT2D eigenvalue weighted by molar-refractivity contribution is 1.15. The van der Waals surface area contributed by atoms with Gasteiger partial charge in [-0.25, -0.2) is 9.97 Å². The van der Waals surface area contributed by atoms with Gasteiger partial charge in [0.2, 0.25) is 0 Å². The zero-order chi connectivity index (χ0) is 49.8. The first-order chi connectivity index (χ1) is 37.7. The molecule has 0 saturated heterocycles. The molecule has 0 aliphatic rings. The number of benzene rings is 11. The molecule has 5 aromatic heterocycles. The molecule has 0 atom stereocenters. The van der Waals surface area contributed by atoms with Crippen molar-refractivity contribution in [2.45, 2.75) is 0 Å². The summed E-state index contributed by atoms with van der Waals surface area (Å²) in [6.45, 7) is 0. The van der Waals surface area contributed by atoms with Gasteiger partial charge < -0.3 is 18.3 Å². The number of fused-ring (bicyclic) bond motifs is 12. The fourth-order valence-electron chi connectivity index (χ4n) is 12.2. The Morgan fingerprint density at radius 1 is 0.224 bits per heavy atom. The van der Waals surface area contributed by atoms with E-state index in [0.29, 0.717) is 5.82 Å². The number of nitrogens with zero attached hydrogens (tertiary/aromatic N) is 6. The molecule has 16 aromatic rings. The second-order valence-electron chi connectivity index (χ2n) is 19.8. The molecule has 0 spiro atoms. The molecule has 11 aromatic carbocycles. The van der Waals surface area contributed by atoms with Crippen LogP contribution in [0.2, 0.25) is 0 Å². The lowest BCUT2D eigenvalue weighted by atomic mass is 10.0. The third-order valence-corrected chi connectivity index (χ3v) is 15.5. The Balaban J connectivity index is 0.984. The van der Waals surface area contributed by atoms with Crippen molar-refractivity contribution in [1.82, 2.24) is 28.2 Å². The van der Waals surface area contributed by atoms with Crippen LogP contribution in [-0.2, 0) is 0 Å². The molecule has 0 bridgehead atoms. The van der Waals surface area contributed by atoms with Crippen molar-refractivity contribution < 1.29 is 0 Å². The largest absolute Gasteiger partial charge is 0.309 e. The van der Waals surface area contributed by atoms with Crippen molar-refractivity contribution in [3.8, 4) is 56.5 Å². The van der Waals surface area contributed by atoms with Crippen LogP contribution in [0.1, 0.15) is 0 Å². The van der Waals surface area contributed by atoms with Crippen molar-refractivity contribution in [3.05, 3.63) is 267 Å². The molecule has 0 unspecified atom stereocenters. The van der Waals surface area contributed by atoms with Crippen molar-refractivity contribution >= 4 is 87.4 Å². The third kappa shape index (κ3) is 6.34. The fraction of sp³-hybridized carbons (Fsp3) is 0. The molecule has 0 fully saturated rings. The summed E-state index contributed by atoms with van der Waals surface area (Å²) in [4.78, 5) is 11.5. The predicted molar refractivity (Wildman–Crippen MR) is 316 cm³/mol. The minimum absolute atomic E-state index is 0.664. The molecule has 5 heterocycles. The molecule has 0 aliphatic carbocycles. The Hall–Kier alpha value is -10.3.